The highest BCUT2D eigenvalue weighted by Gasteiger charge is 2.45. The monoisotopic (exact) mass is 341 g/mol. The highest BCUT2D eigenvalue weighted by molar-refractivity contribution is 7.89. The average Bonchev–Trinajstić information content (AvgIpc) is 2.99. The van der Waals surface area contributed by atoms with E-state index in [1.54, 1.807) is 42.8 Å². The molecule has 0 spiro atoms. The standard InChI is InChI=1S/C16H23NO5S/c1-20-11-13-5-8-15-16(22-13)9-10-17(15)23(18,19)14-6-3-12(21-2)4-7-14/h3-4,6-7,13,15-16H,5,8-11H2,1-2H3/t13-,15-,16-/m0/s1. The Bertz CT molecular complexity index is 630. The molecule has 2 heterocycles. The summed E-state index contributed by atoms with van der Waals surface area (Å²) in [6, 6.07) is 6.46. The zero-order chi connectivity index (χ0) is 16.4. The molecule has 2 aliphatic heterocycles. The van der Waals surface area contributed by atoms with Crippen LogP contribution in [0.15, 0.2) is 29.2 Å². The van der Waals surface area contributed by atoms with E-state index in [0.717, 1.165) is 19.3 Å². The van der Waals surface area contributed by atoms with E-state index in [4.69, 9.17) is 14.2 Å². The van der Waals surface area contributed by atoms with Gasteiger partial charge >= 0.3 is 0 Å². The molecule has 0 bridgehead atoms. The van der Waals surface area contributed by atoms with Crippen LogP contribution < -0.4 is 4.74 Å². The fourth-order valence-corrected chi connectivity index (χ4v) is 5.14. The molecule has 0 unspecified atom stereocenters. The molecule has 2 saturated heterocycles. The van der Waals surface area contributed by atoms with E-state index < -0.39 is 10.0 Å². The van der Waals surface area contributed by atoms with Crippen LogP contribution in [0.4, 0.5) is 0 Å². The topological polar surface area (TPSA) is 65.1 Å². The molecule has 0 radical (unpaired) electrons. The third kappa shape index (κ3) is 3.24. The van der Waals surface area contributed by atoms with Gasteiger partial charge in [0.25, 0.3) is 0 Å². The van der Waals surface area contributed by atoms with Crippen LogP contribution >= 0.6 is 0 Å². The lowest BCUT2D eigenvalue weighted by Gasteiger charge is -2.35. The number of hydrogen-bond acceptors (Lipinski definition) is 5. The lowest BCUT2D eigenvalue weighted by Crippen LogP contribution is -2.45. The van der Waals surface area contributed by atoms with Gasteiger partial charge in [0, 0.05) is 13.7 Å². The first-order valence-electron chi connectivity index (χ1n) is 7.86. The highest BCUT2D eigenvalue weighted by Crippen LogP contribution is 2.35. The molecule has 0 amide bonds. The van der Waals surface area contributed by atoms with Gasteiger partial charge in [-0.05, 0) is 43.5 Å². The van der Waals surface area contributed by atoms with Crippen LogP contribution in [0.2, 0.25) is 0 Å². The lowest BCUT2D eigenvalue weighted by atomic mass is 10.0. The minimum atomic E-state index is -3.50. The van der Waals surface area contributed by atoms with Gasteiger partial charge in [-0.3, -0.25) is 0 Å². The van der Waals surface area contributed by atoms with Crippen molar-refractivity contribution in [2.24, 2.45) is 0 Å². The number of fused-ring (bicyclic) bond motifs is 1. The van der Waals surface area contributed by atoms with Crippen molar-refractivity contribution in [1.29, 1.82) is 0 Å². The fourth-order valence-electron chi connectivity index (χ4n) is 3.45. The molecule has 0 aliphatic carbocycles. The second-order valence-electron chi connectivity index (χ2n) is 5.98. The van der Waals surface area contributed by atoms with Crippen LogP contribution in [0.5, 0.6) is 5.75 Å². The number of nitrogens with zero attached hydrogens (tertiary/aromatic N) is 1. The first-order valence-corrected chi connectivity index (χ1v) is 9.30. The molecule has 0 N–H and O–H groups in total. The third-order valence-corrected chi connectivity index (χ3v) is 6.54. The first-order chi connectivity index (χ1) is 11.1. The van der Waals surface area contributed by atoms with Crippen molar-refractivity contribution in [3.63, 3.8) is 0 Å². The van der Waals surface area contributed by atoms with E-state index in [1.165, 1.54) is 0 Å². The minimum Gasteiger partial charge on any atom is -0.497 e. The fraction of sp³-hybridized carbons (Fsp3) is 0.625. The predicted molar refractivity (Wildman–Crippen MR) is 85.1 cm³/mol. The molecule has 7 heteroatoms. The molecule has 128 valence electrons. The summed E-state index contributed by atoms with van der Waals surface area (Å²) in [6.07, 6.45) is 2.42. The van der Waals surface area contributed by atoms with Gasteiger partial charge in [-0.2, -0.15) is 4.31 Å². The number of ether oxygens (including phenoxy) is 3. The summed E-state index contributed by atoms with van der Waals surface area (Å²) >= 11 is 0. The van der Waals surface area contributed by atoms with Gasteiger partial charge in [-0.15, -0.1) is 0 Å². The number of benzene rings is 1. The molecule has 2 fully saturated rings. The normalized spacial score (nSPS) is 28.5. The Morgan fingerprint density at radius 1 is 1.17 bits per heavy atom. The van der Waals surface area contributed by atoms with E-state index in [-0.39, 0.29) is 18.2 Å². The van der Waals surface area contributed by atoms with Crippen molar-refractivity contribution in [3.05, 3.63) is 24.3 Å². The summed E-state index contributed by atoms with van der Waals surface area (Å²) in [4.78, 5) is 0.304. The maximum absolute atomic E-state index is 12.9. The highest BCUT2D eigenvalue weighted by atomic mass is 32.2. The van der Waals surface area contributed by atoms with Crippen LogP contribution in [-0.4, -0.2) is 58.3 Å². The Morgan fingerprint density at radius 3 is 2.57 bits per heavy atom. The van der Waals surface area contributed by atoms with Crippen LogP contribution in [-0.2, 0) is 19.5 Å². The Balaban J connectivity index is 1.76. The number of rotatable bonds is 5. The maximum Gasteiger partial charge on any atom is 0.243 e. The summed E-state index contributed by atoms with van der Waals surface area (Å²) in [5.74, 6) is 0.645. The summed E-state index contributed by atoms with van der Waals surface area (Å²) < 4.78 is 43.6. The van der Waals surface area contributed by atoms with Gasteiger partial charge < -0.3 is 14.2 Å². The molecule has 2 aliphatic rings. The Morgan fingerprint density at radius 2 is 1.91 bits per heavy atom. The van der Waals surface area contributed by atoms with Crippen LogP contribution in [0.25, 0.3) is 0 Å². The molecular weight excluding hydrogens is 318 g/mol. The summed E-state index contributed by atoms with van der Waals surface area (Å²) in [5.41, 5.74) is 0. The van der Waals surface area contributed by atoms with Crippen LogP contribution in [0, 0.1) is 0 Å². The Hall–Kier alpha value is -1.15. The Labute approximate surface area is 137 Å². The molecule has 0 saturated carbocycles. The van der Waals surface area contributed by atoms with E-state index in [1.807, 2.05) is 0 Å². The Kier molecular flexibility index (Phi) is 4.91. The van der Waals surface area contributed by atoms with Crippen molar-refractivity contribution < 1.29 is 22.6 Å². The van der Waals surface area contributed by atoms with E-state index in [9.17, 15) is 8.42 Å². The van der Waals surface area contributed by atoms with Gasteiger partial charge in [0.05, 0.1) is 36.9 Å². The van der Waals surface area contributed by atoms with Crippen molar-refractivity contribution >= 4 is 10.0 Å². The minimum absolute atomic E-state index is 0.0306. The third-order valence-electron chi connectivity index (χ3n) is 4.60. The smallest absolute Gasteiger partial charge is 0.243 e. The van der Waals surface area contributed by atoms with E-state index >= 15 is 0 Å². The molecular formula is C16H23NO5S. The van der Waals surface area contributed by atoms with Crippen molar-refractivity contribution in [1.82, 2.24) is 4.31 Å². The zero-order valence-electron chi connectivity index (χ0n) is 13.5. The number of sulfonamides is 1. The molecule has 0 aromatic heterocycles. The number of methoxy groups -OCH3 is 2. The first kappa shape index (κ1) is 16.7. The van der Waals surface area contributed by atoms with Crippen molar-refractivity contribution in [2.75, 3.05) is 27.4 Å². The molecule has 3 atom stereocenters. The summed E-state index contributed by atoms with van der Waals surface area (Å²) in [5, 5.41) is 0. The average molecular weight is 341 g/mol. The predicted octanol–water partition coefficient (Wildman–Crippen LogP) is 1.65. The van der Waals surface area contributed by atoms with E-state index in [2.05, 4.69) is 0 Å². The lowest BCUT2D eigenvalue weighted by molar-refractivity contribution is -0.0872. The molecule has 1 aromatic rings. The summed E-state index contributed by atoms with van der Waals surface area (Å²) in [6.45, 7) is 1.07. The van der Waals surface area contributed by atoms with Gasteiger partial charge in [0.15, 0.2) is 0 Å². The largest absolute Gasteiger partial charge is 0.497 e. The van der Waals surface area contributed by atoms with Gasteiger partial charge in [0.2, 0.25) is 10.0 Å². The molecule has 3 rings (SSSR count). The van der Waals surface area contributed by atoms with Gasteiger partial charge in [-0.1, -0.05) is 0 Å². The molecule has 23 heavy (non-hydrogen) atoms. The second-order valence-corrected chi connectivity index (χ2v) is 7.87. The SMILES string of the molecule is COC[C@@H]1CC[C@H]2[C@H](CCN2S(=O)(=O)c2ccc(OC)cc2)O1. The van der Waals surface area contributed by atoms with Crippen molar-refractivity contribution in [2.45, 2.75) is 42.4 Å². The number of hydrogen-bond donors (Lipinski definition) is 0. The van der Waals surface area contributed by atoms with Gasteiger partial charge in [-0.25, -0.2) is 8.42 Å². The quantitative estimate of drug-likeness (QED) is 0.815. The summed E-state index contributed by atoms with van der Waals surface area (Å²) in [7, 11) is -0.280. The maximum atomic E-state index is 12.9. The van der Waals surface area contributed by atoms with Gasteiger partial charge in [0.1, 0.15) is 5.75 Å². The molecule has 1 aromatic carbocycles. The van der Waals surface area contributed by atoms with Crippen LogP contribution in [0.1, 0.15) is 19.3 Å². The van der Waals surface area contributed by atoms with Crippen LogP contribution in [0.3, 0.4) is 0 Å². The van der Waals surface area contributed by atoms with E-state index in [0.29, 0.717) is 23.8 Å². The van der Waals surface area contributed by atoms with Crippen molar-refractivity contribution in [3.8, 4) is 5.75 Å². The zero-order valence-corrected chi connectivity index (χ0v) is 14.3. The molecule has 6 nitrogen and oxygen atoms in total. The second kappa shape index (κ2) is 6.76.